The van der Waals surface area contributed by atoms with Gasteiger partial charge in [-0.25, -0.2) is 8.78 Å². The molecular weight excluding hydrogens is 489 g/mol. The van der Waals surface area contributed by atoms with Crippen LogP contribution in [-0.4, -0.2) is 56.1 Å². The van der Waals surface area contributed by atoms with Crippen molar-refractivity contribution in [2.75, 3.05) is 6.61 Å². The van der Waals surface area contributed by atoms with E-state index in [9.17, 15) is 40.3 Å². The maximum absolute atomic E-state index is 14.1. The van der Waals surface area contributed by atoms with E-state index in [4.69, 9.17) is 0 Å². The van der Waals surface area contributed by atoms with Crippen molar-refractivity contribution >= 4 is 15.9 Å². The van der Waals surface area contributed by atoms with Crippen molar-refractivity contribution in [3.8, 4) is 0 Å². The number of aliphatic hydroxyl groups excluding tert-OH is 1. The van der Waals surface area contributed by atoms with E-state index in [1.165, 1.54) is 17.0 Å². The van der Waals surface area contributed by atoms with Crippen LogP contribution in [0.5, 0.6) is 0 Å². The van der Waals surface area contributed by atoms with Crippen molar-refractivity contribution < 1.29 is 40.3 Å². The van der Waals surface area contributed by atoms with Gasteiger partial charge in [-0.05, 0) is 6.07 Å². The monoisotopic (exact) mass is 505 g/mol. The number of carbonyl (C=O) groups is 1. The summed E-state index contributed by atoms with van der Waals surface area (Å²) in [6.07, 6.45) is -1.99. The van der Waals surface area contributed by atoms with Crippen LogP contribution in [0.2, 0.25) is 0 Å². The molecule has 1 aliphatic rings. The van der Waals surface area contributed by atoms with E-state index in [0.717, 1.165) is 24.7 Å². The summed E-state index contributed by atoms with van der Waals surface area (Å²) in [5.41, 5.74) is 0.201. The standard InChI is InChI=1S/C19H16F5N5O4S/c20-15-3-1-2-13(17(15)21)14(9-30)18(31)27-5-11-6-29(26-16(11)8-27)34(32,33)12-4-25-28(7-12)10-19(22,23)24/h1-4,6-7,14,30H,5,8-10H2/t14-/m1/s1. The predicted octanol–water partition coefficient (Wildman–Crippen LogP) is 1.78. The maximum atomic E-state index is 14.1. The Bertz CT molecular complexity index is 1330. The lowest BCUT2D eigenvalue weighted by molar-refractivity contribution is -0.142. The smallest absolute Gasteiger partial charge is 0.395 e. The Morgan fingerprint density at radius 1 is 1.18 bits per heavy atom. The Hall–Kier alpha value is -3.33. The highest BCUT2D eigenvalue weighted by Crippen LogP contribution is 2.29. The molecular formula is C19H16F5N5O4S. The van der Waals surface area contributed by atoms with E-state index >= 15 is 0 Å². The van der Waals surface area contributed by atoms with Crippen LogP contribution in [-0.2, 0) is 34.5 Å². The molecule has 0 radical (unpaired) electrons. The van der Waals surface area contributed by atoms with Crippen molar-refractivity contribution in [1.82, 2.24) is 23.9 Å². The molecule has 0 unspecified atom stereocenters. The van der Waals surface area contributed by atoms with Crippen LogP contribution in [0.15, 0.2) is 41.7 Å². The number of rotatable bonds is 6. The minimum atomic E-state index is -4.59. The van der Waals surface area contributed by atoms with Gasteiger partial charge in [-0.3, -0.25) is 9.48 Å². The molecule has 1 atom stereocenters. The minimum absolute atomic E-state index is 0.121. The molecule has 0 saturated carbocycles. The minimum Gasteiger partial charge on any atom is -0.395 e. The number of hydrogen-bond donors (Lipinski definition) is 1. The average Bonchev–Trinajstić information content (AvgIpc) is 3.45. The van der Waals surface area contributed by atoms with E-state index in [-0.39, 0.29) is 24.3 Å². The molecule has 1 amide bonds. The Balaban J connectivity index is 1.52. The number of aliphatic hydroxyl groups is 1. The van der Waals surface area contributed by atoms with Crippen LogP contribution in [0.3, 0.4) is 0 Å². The molecule has 15 heteroatoms. The fraction of sp³-hybridized carbons (Fsp3) is 0.316. The zero-order valence-corrected chi connectivity index (χ0v) is 17.9. The van der Waals surface area contributed by atoms with Gasteiger partial charge in [0.25, 0.3) is 10.0 Å². The third kappa shape index (κ3) is 4.40. The van der Waals surface area contributed by atoms with Crippen molar-refractivity contribution in [3.63, 3.8) is 0 Å². The first-order chi connectivity index (χ1) is 15.9. The Labute approximate surface area is 189 Å². The third-order valence-corrected chi connectivity index (χ3v) is 6.69. The summed E-state index contributed by atoms with van der Waals surface area (Å²) < 4.78 is 91.6. The zero-order chi connectivity index (χ0) is 24.8. The molecule has 0 aliphatic carbocycles. The first kappa shape index (κ1) is 23.8. The Morgan fingerprint density at radius 2 is 1.91 bits per heavy atom. The lowest BCUT2D eigenvalue weighted by atomic mass is 9.97. The number of nitrogens with zero attached hydrogens (tertiary/aromatic N) is 5. The number of halogens is 5. The summed E-state index contributed by atoms with van der Waals surface area (Å²) >= 11 is 0. The van der Waals surface area contributed by atoms with Gasteiger partial charge in [0, 0.05) is 30.1 Å². The van der Waals surface area contributed by atoms with Crippen molar-refractivity contribution in [2.24, 2.45) is 0 Å². The molecule has 34 heavy (non-hydrogen) atoms. The van der Waals surface area contributed by atoms with Crippen LogP contribution in [0.25, 0.3) is 0 Å². The van der Waals surface area contributed by atoms with E-state index in [2.05, 4.69) is 10.2 Å². The quantitative estimate of drug-likeness (QED) is 0.512. The fourth-order valence-corrected chi connectivity index (χ4v) is 4.71. The summed E-state index contributed by atoms with van der Waals surface area (Å²) in [5.74, 6) is -4.52. The number of hydrogen-bond acceptors (Lipinski definition) is 6. The number of carbonyl (C=O) groups excluding carboxylic acids is 1. The van der Waals surface area contributed by atoms with Crippen LogP contribution >= 0.6 is 0 Å². The van der Waals surface area contributed by atoms with Gasteiger partial charge in [-0.15, -0.1) is 0 Å². The van der Waals surface area contributed by atoms with E-state index in [1.807, 2.05) is 0 Å². The molecule has 2 aromatic heterocycles. The lowest BCUT2D eigenvalue weighted by Gasteiger charge is -2.22. The molecule has 0 saturated heterocycles. The van der Waals surface area contributed by atoms with Gasteiger partial charge in [0.2, 0.25) is 5.91 Å². The second-order valence-electron chi connectivity index (χ2n) is 7.54. The molecule has 0 spiro atoms. The topological polar surface area (TPSA) is 110 Å². The molecule has 0 fully saturated rings. The predicted molar refractivity (Wildman–Crippen MR) is 104 cm³/mol. The molecule has 3 aromatic rings. The van der Waals surface area contributed by atoms with Gasteiger partial charge >= 0.3 is 6.18 Å². The molecule has 9 nitrogen and oxygen atoms in total. The second kappa shape index (κ2) is 8.47. The summed E-state index contributed by atoms with van der Waals surface area (Å²) in [5, 5.41) is 17.0. The lowest BCUT2D eigenvalue weighted by Crippen LogP contribution is -2.33. The molecule has 1 N–H and O–H groups in total. The van der Waals surface area contributed by atoms with E-state index in [1.54, 1.807) is 0 Å². The maximum Gasteiger partial charge on any atom is 0.408 e. The summed E-state index contributed by atoms with van der Waals surface area (Å²) in [7, 11) is -4.34. The van der Waals surface area contributed by atoms with E-state index in [0.29, 0.717) is 14.3 Å². The van der Waals surface area contributed by atoms with Crippen molar-refractivity contribution in [3.05, 3.63) is 65.2 Å². The second-order valence-corrected chi connectivity index (χ2v) is 9.34. The number of fused-ring (bicyclic) bond motifs is 1. The average molecular weight is 505 g/mol. The highest BCUT2D eigenvalue weighted by molar-refractivity contribution is 7.89. The molecule has 4 rings (SSSR count). The van der Waals surface area contributed by atoms with Gasteiger partial charge in [0.15, 0.2) is 11.6 Å². The van der Waals surface area contributed by atoms with E-state index < -0.39 is 57.7 Å². The van der Waals surface area contributed by atoms with Gasteiger partial charge in [0.05, 0.1) is 31.0 Å². The number of amides is 1. The molecule has 1 aromatic carbocycles. The number of aromatic nitrogens is 4. The molecule has 3 heterocycles. The molecule has 1 aliphatic heterocycles. The number of benzene rings is 1. The molecule has 182 valence electrons. The normalized spacial score (nSPS) is 14.9. The third-order valence-electron chi connectivity index (χ3n) is 5.20. The Morgan fingerprint density at radius 3 is 2.56 bits per heavy atom. The largest absolute Gasteiger partial charge is 0.408 e. The first-order valence-corrected chi connectivity index (χ1v) is 11.1. The van der Waals surface area contributed by atoms with Crippen molar-refractivity contribution in [1.29, 1.82) is 0 Å². The summed E-state index contributed by atoms with van der Waals surface area (Å²) in [6, 6.07) is 3.26. The van der Waals surface area contributed by atoms with Crippen LogP contribution in [0.4, 0.5) is 22.0 Å². The van der Waals surface area contributed by atoms with Crippen LogP contribution in [0, 0.1) is 11.6 Å². The van der Waals surface area contributed by atoms with Gasteiger partial charge in [0.1, 0.15) is 11.4 Å². The Kier molecular flexibility index (Phi) is 5.93. The highest BCUT2D eigenvalue weighted by atomic mass is 32.2. The van der Waals surface area contributed by atoms with Gasteiger partial charge < -0.3 is 10.0 Å². The van der Waals surface area contributed by atoms with Gasteiger partial charge in [-0.1, -0.05) is 12.1 Å². The first-order valence-electron chi connectivity index (χ1n) is 9.66. The number of alkyl halides is 3. The van der Waals surface area contributed by atoms with Gasteiger partial charge in [-0.2, -0.15) is 35.9 Å². The molecule has 0 bridgehead atoms. The summed E-state index contributed by atoms with van der Waals surface area (Å²) in [4.78, 5) is 13.5. The van der Waals surface area contributed by atoms with Crippen LogP contribution < -0.4 is 0 Å². The zero-order valence-electron chi connectivity index (χ0n) is 17.1. The van der Waals surface area contributed by atoms with Crippen molar-refractivity contribution in [2.45, 2.75) is 36.6 Å². The highest BCUT2D eigenvalue weighted by Gasteiger charge is 2.35. The van der Waals surface area contributed by atoms with Crippen LogP contribution in [0.1, 0.15) is 22.7 Å². The fourth-order valence-electron chi connectivity index (χ4n) is 3.58. The summed E-state index contributed by atoms with van der Waals surface area (Å²) in [6.45, 7) is -2.54. The SMILES string of the molecule is O=C([C@H](CO)c1cccc(F)c1F)N1Cc2cn(S(=O)(=O)c3cnn(CC(F)(F)F)c3)nc2C1.